The van der Waals surface area contributed by atoms with Crippen molar-refractivity contribution in [3.63, 3.8) is 0 Å². The van der Waals surface area contributed by atoms with Crippen molar-refractivity contribution in [2.24, 2.45) is 0 Å². The molecule has 0 atom stereocenters. The second kappa shape index (κ2) is 7.92. The van der Waals surface area contributed by atoms with Gasteiger partial charge in [-0.05, 0) is 37.5 Å². The van der Waals surface area contributed by atoms with Crippen molar-refractivity contribution in [1.82, 2.24) is 9.80 Å². The second-order valence-corrected chi connectivity index (χ2v) is 7.81. The van der Waals surface area contributed by atoms with Crippen molar-refractivity contribution in [3.8, 4) is 11.1 Å². The molecule has 3 rings (SSSR count). The van der Waals surface area contributed by atoms with Crippen LogP contribution in [0.1, 0.15) is 26.3 Å². The molecule has 0 aliphatic carbocycles. The van der Waals surface area contributed by atoms with Crippen molar-refractivity contribution in [2.45, 2.75) is 32.9 Å². The van der Waals surface area contributed by atoms with Gasteiger partial charge in [0.25, 0.3) is 0 Å². The Kier molecular flexibility index (Phi) is 5.62. The van der Waals surface area contributed by atoms with Crippen LogP contribution in [0.25, 0.3) is 11.1 Å². The molecule has 1 aliphatic heterocycles. The standard InChI is InChI=1S/C22H28N2O2/c1-22(2,3)26-21(25)24-15-13-23(14-16-24)17-18-9-11-20(12-10-18)19-7-5-4-6-8-19/h4-12H,13-17H2,1-3H3. The second-order valence-electron chi connectivity index (χ2n) is 7.81. The lowest BCUT2D eigenvalue weighted by atomic mass is 10.0. The molecule has 0 aromatic heterocycles. The largest absolute Gasteiger partial charge is 0.444 e. The fourth-order valence-electron chi connectivity index (χ4n) is 3.11. The lowest BCUT2D eigenvalue weighted by Gasteiger charge is -2.35. The quantitative estimate of drug-likeness (QED) is 0.820. The molecule has 2 aromatic carbocycles. The summed E-state index contributed by atoms with van der Waals surface area (Å²) in [4.78, 5) is 16.3. The van der Waals surface area contributed by atoms with Crippen LogP contribution in [0.15, 0.2) is 54.6 Å². The van der Waals surface area contributed by atoms with Gasteiger partial charge < -0.3 is 9.64 Å². The number of amides is 1. The molecule has 4 nitrogen and oxygen atoms in total. The van der Waals surface area contributed by atoms with Gasteiger partial charge in [-0.2, -0.15) is 0 Å². The first-order valence-corrected chi connectivity index (χ1v) is 9.25. The predicted molar refractivity (Wildman–Crippen MR) is 105 cm³/mol. The van der Waals surface area contributed by atoms with E-state index < -0.39 is 5.60 Å². The van der Waals surface area contributed by atoms with Gasteiger partial charge in [-0.1, -0.05) is 54.6 Å². The maximum Gasteiger partial charge on any atom is 0.410 e. The maximum atomic E-state index is 12.1. The fraction of sp³-hybridized carbons (Fsp3) is 0.409. The van der Waals surface area contributed by atoms with Gasteiger partial charge in [0.1, 0.15) is 5.60 Å². The Labute approximate surface area is 156 Å². The minimum atomic E-state index is -0.436. The molecule has 0 N–H and O–H groups in total. The molecule has 1 fully saturated rings. The molecule has 1 saturated heterocycles. The minimum Gasteiger partial charge on any atom is -0.444 e. The van der Waals surface area contributed by atoms with E-state index in [1.54, 1.807) is 4.90 Å². The number of rotatable bonds is 3. The third kappa shape index (κ3) is 5.09. The molecule has 138 valence electrons. The molecule has 0 saturated carbocycles. The summed E-state index contributed by atoms with van der Waals surface area (Å²) in [6.45, 7) is 9.81. The molecule has 0 bridgehead atoms. The highest BCUT2D eigenvalue weighted by Crippen LogP contribution is 2.20. The van der Waals surface area contributed by atoms with E-state index in [0.29, 0.717) is 0 Å². The van der Waals surface area contributed by atoms with Crippen LogP contribution in [0.5, 0.6) is 0 Å². The van der Waals surface area contributed by atoms with E-state index in [4.69, 9.17) is 4.74 Å². The average Bonchev–Trinajstić information content (AvgIpc) is 2.62. The monoisotopic (exact) mass is 352 g/mol. The Morgan fingerprint density at radius 2 is 1.46 bits per heavy atom. The predicted octanol–water partition coefficient (Wildman–Crippen LogP) is 4.41. The fourth-order valence-corrected chi connectivity index (χ4v) is 3.11. The van der Waals surface area contributed by atoms with Crippen molar-refractivity contribution in [2.75, 3.05) is 26.2 Å². The van der Waals surface area contributed by atoms with Crippen LogP contribution in [-0.4, -0.2) is 47.7 Å². The number of nitrogens with zero attached hydrogens (tertiary/aromatic N) is 2. The number of piperazine rings is 1. The first kappa shape index (κ1) is 18.5. The normalized spacial score (nSPS) is 15.7. The average molecular weight is 352 g/mol. The molecule has 4 heteroatoms. The summed E-state index contributed by atoms with van der Waals surface area (Å²) >= 11 is 0. The van der Waals surface area contributed by atoms with Crippen LogP contribution in [0, 0.1) is 0 Å². The summed E-state index contributed by atoms with van der Waals surface area (Å²) < 4.78 is 5.45. The Hall–Kier alpha value is -2.33. The van der Waals surface area contributed by atoms with Crippen LogP contribution in [0.4, 0.5) is 4.79 Å². The topological polar surface area (TPSA) is 32.8 Å². The SMILES string of the molecule is CC(C)(C)OC(=O)N1CCN(Cc2ccc(-c3ccccc3)cc2)CC1. The maximum absolute atomic E-state index is 12.1. The summed E-state index contributed by atoms with van der Waals surface area (Å²) in [6.07, 6.45) is -0.204. The molecule has 1 amide bonds. The lowest BCUT2D eigenvalue weighted by molar-refractivity contribution is 0.0139. The summed E-state index contributed by atoms with van der Waals surface area (Å²) in [5.74, 6) is 0. The van der Waals surface area contributed by atoms with Gasteiger partial charge in [0.05, 0.1) is 0 Å². The molecule has 0 spiro atoms. The highest BCUT2D eigenvalue weighted by molar-refractivity contribution is 5.68. The smallest absolute Gasteiger partial charge is 0.410 e. The molecule has 0 radical (unpaired) electrons. The summed E-state index contributed by atoms with van der Waals surface area (Å²) in [7, 11) is 0. The first-order chi connectivity index (χ1) is 12.4. The van der Waals surface area contributed by atoms with E-state index >= 15 is 0 Å². The van der Waals surface area contributed by atoms with E-state index in [1.165, 1.54) is 16.7 Å². The molecule has 1 aliphatic rings. The Balaban J connectivity index is 1.51. The molecular formula is C22H28N2O2. The Bertz CT molecular complexity index is 712. The Morgan fingerprint density at radius 1 is 0.885 bits per heavy atom. The van der Waals surface area contributed by atoms with Crippen LogP contribution in [-0.2, 0) is 11.3 Å². The number of hydrogen-bond donors (Lipinski definition) is 0. The van der Waals surface area contributed by atoms with Gasteiger partial charge in [-0.3, -0.25) is 4.90 Å². The van der Waals surface area contributed by atoms with Crippen molar-refractivity contribution in [1.29, 1.82) is 0 Å². The molecule has 26 heavy (non-hydrogen) atoms. The molecule has 0 unspecified atom stereocenters. The molecule has 2 aromatic rings. The lowest BCUT2D eigenvalue weighted by Crippen LogP contribution is -2.49. The zero-order valence-electron chi connectivity index (χ0n) is 15.9. The molecular weight excluding hydrogens is 324 g/mol. The summed E-state index contributed by atoms with van der Waals surface area (Å²) in [5.41, 5.74) is 3.35. The van der Waals surface area contributed by atoms with Crippen molar-refractivity contribution < 1.29 is 9.53 Å². The number of ether oxygens (including phenoxy) is 1. The third-order valence-electron chi connectivity index (χ3n) is 4.49. The highest BCUT2D eigenvalue weighted by Gasteiger charge is 2.25. The van der Waals surface area contributed by atoms with E-state index in [0.717, 1.165) is 32.7 Å². The van der Waals surface area contributed by atoms with E-state index in [2.05, 4.69) is 53.4 Å². The minimum absolute atomic E-state index is 0.204. The van der Waals surface area contributed by atoms with E-state index in [-0.39, 0.29) is 6.09 Å². The summed E-state index contributed by atoms with van der Waals surface area (Å²) in [5, 5.41) is 0. The number of hydrogen-bond acceptors (Lipinski definition) is 3. The van der Waals surface area contributed by atoms with Crippen LogP contribution in [0.2, 0.25) is 0 Å². The van der Waals surface area contributed by atoms with Gasteiger partial charge in [-0.25, -0.2) is 4.79 Å². The molecule has 1 heterocycles. The first-order valence-electron chi connectivity index (χ1n) is 9.25. The number of carbonyl (C=O) groups is 1. The Morgan fingerprint density at radius 3 is 2.04 bits per heavy atom. The van der Waals surface area contributed by atoms with E-state index in [9.17, 15) is 4.79 Å². The van der Waals surface area contributed by atoms with Crippen LogP contribution < -0.4 is 0 Å². The van der Waals surface area contributed by atoms with Crippen LogP contribution >= 0.6 is 0 Å². The van der Waals surface area contributed by atoms with Gasteiger partial charge in [0, 0.05) is 32.7 Å². The highest BCUT2D eigenvalue weighted by atomic mass is 16.6. The van der Waals surface area contributed by atoms with Gasteiger partial charge >= 0.3 is 6.09 Å². The van der Waals surface area contributed by atoms with Gasteiger partial charge in [0.15, 0.2) is 0 Å². The van der Waals surface area contributed by atoms with E-state index in [1.807, 2.05) is 26.8 Å². The van der Waals surface area contributed by atoms with Crippen molar-refractivity contribution >= 4 is 6.09 Å². The third-order valence-corrected chi connectivity index (χ3v) is 4.49. The van der Waals surface area contributed by atoms with Gasteiger partial charge in [0.2, 0.25) is 0 Å². The van der Waals surface area contributed by atoms with Gasteiger partial charge in [-0.15, -0.1) is 0 Å². The zero-order chi connectivity index (χ0) is 18.6. The summed E-state index contributed by atoms with van der Waals surface area (Å²) in [6, 6.07) is 19.2. The van der Waals surface area contributed by atoms with Crippen molar-refractivity contribution in [3.05, 3.63) is 60.2 Å². The zero-order valence-corrected chi connectivity index (χ0v) is 15.9. The van der Waals surface area contributed by atoms with Crippen LogP contribution in [0.3, 0.4) is 0 Å². The number of carbonyl (C=O) groups excluding carboxylic acids is 1. The number of benzene rings is 2.